The van der Waals surface area contributed by atoms with Crippen molar-refractivity contribution in [1.29, 1.82) is 0 Å². The van der Waals surface area contributed by atoms with Crippen LogP contribution >= 0.6 is 12.4 Å². The van der Waals surface area contributed by atoms with Crippen molar-refractivity contribution in [1.82, 2.24) is 30.1 Å². The molecule has 11 heteroatoms. The highest BCUT2D eigenvalue weighted by molar-refractivity contribution is 6.05. The van der Waals surface area contributed by atoms with Gasteiger partial charge in [0, 0.05) is 31.5 Å². The summed E-state index contributed by atoms with van der Waals surface area (Å²) in [4.78, 5) is 20.4. The molecule has 0 unspecified atom stereocenters. The average Bonchev–Trinajstić information content (AvgIpc) is 3.44. The van der Waals surface area contributed by atoms with Gasteiger partial charge >= 0.3 is 0 Å². The van der Waals surface area contributed by atoms with Crippen molar-refractivity contribution >= 4 is 52.2 Å². The molecule has 1 fully saturated rings. The smallest absolute Gasteiger partial charge is 0.231 e. The van der Waals surface area contributed by atoms with Crippen LogP contribution in [-0.4, -0.2) is 56.4 Å². The number of morpholine rings is 1. The molecule has 1 saturated heterocycles. The van der Waals surface area contributed by atoms with Crippen molar-refractivity contribution in [2.75, 3.05) is 36.5 Å². The van der Waals surface area contributed by atoms with E-state index in [0.29, 0.717) is 41.8 Å². The Kier molecular flexibility index (Phi) is 5.53. The first-order valence-corrected chi connectivity index (χ1v) is 10.4. The molecule has 6 heterocycles. The van der Waals surface area contributed by atoms with Gasteiger partial charge in [0.1, 0.15) is 5.52 Å². The predicted molar refractivity (Wildman–Crippen MR) is 127 cm³/mol. The molecule has 168 valence electrons. The number of H-pyrrole nitrogens is 1. The van der Waals surface area contributed by atoms with Crippen LogP contribution in [0.25, 0.3) is 33.6 Å². The maximum Gasteiger partial charge on any atom is 0.231 e. The predicted octanol–water partition coefficient (Wildman–Crippen LogP) is 3.87. The van der Waals surface area contributed by atoms with E-state index >= 15 is 0 Å². The van der Waals surface area contributed by atoms with Crippen molar-refractivity contribution in [3.63, 3.8) is 0 Å². The zero-order valence-corrected chi connectivity index (χ0v) is 18.6. The number of aromatic nitrogens is 6. The number of aryl methyl sites for hydroxylation is 1. The highest BCUT2D eigenvalue weighted by Gasteiger charge is 2.22. The van der Waals surface area contributed by atoms with Gasteiger partial charge in [-0.25, -0.2) is 9.97 Å². The highest BCUT2D eigenvalue weighted by atomic mass is 35.5. The number of rotatable bonds is 4. The van der Waals surface area contributed by atoms with Crippen LogP contribution in [0.15, 0.2) is 47.1 Å². The summed E-state index contributed by atoms with van der Waals surface area (Å²) in [5, 5.41) is 11.5. The quantitative estimate of drug-likeness (QED) is 0.408. The number of hydrogen-bond donors (Lipinski definition) is 2. The van der Waals surface area contributed by atoms with Crippen LogP contribution in [0.2, 0.25) is 0 Å². The van der Waals surface area contributed by atoms with E-state index in [1.165, 1.54) is 0 Å². The standard InChI is InChI=1S/C22H20N8O2.ClH/c1-13-4-6-23-15(11-13)16-12-17(29-28-16)25-22-26-18-14-3-2-5-24-21(14)32-19(18)20(27-22)30-7-9-31-10-8-30;/h2-6,11-12H,7-10H2,1H3,(H2,25,26,27,28,29);1H. The molecule has 33 heavy (non-hydrogen) atoms. The first-order chi connectivity index (χ1) is 15.7. The molecule has 0 spiro atoms. The molecule has 2 N–H and O–H groups in total. The van der Waals surface area contributed by atoms with E-state index in [9.17, 15) is 0 Å². The lowest BCUT2D eigenvalue weighted by molar-refractivity contribution is 0.122. The Morgan fingerprint density at radius 1 is 1.06 bits per heavy atom. The maximum absolute atomic E-state index is 6.04. The fraction of sp³-hybridized carbons (Fsp3) is 0.227. The fourth-order valence-electron chi connectivity index (χ4n) is 3.82. The van der Waals surface area contributed by atoms with Gasteiger partial charge in [-0.2, -0.15) is 10.1 Å². The third-order valence-electron chi connectivity index (χ3n) is 5.39. The minimum Gasteiger partial charge on any atom is -0.432 e. The minimum absolute atomic E-state index is 0. The summed E-state index contributed by atoms with van der Waals surface area (Å²) >= 11 is 0. The van der Waals surface area contributed by atoms with E-state index in [-0.39, 0.29) is 12.4 Å². The van der Waals surface area contributed by atoms with Gasteiger partial charge in [-0.05, 0) is 36.8 Å². The zero-order valence-electron chi connectivity index (χ0n) is 17.8. The molecule has 1 aliphatic heterocycles. The lowest BCUT2D eigenvalue weighted by Crippen LogP contribution is -2.37. The van der Waals surface area contributed by atoms with Crippen LogP contribution in [0.5, 0.6) is 0 Å². The number of ether oxygens (including phenoxy) is 1. The van der Waals surface area contributed by atoms with E-state index in [4.69, 9.17) is 19.1 Å². The molecular weight excluding hydrogens is 444 g/mol. The van der Waals surface area contributed by atoms with Gasteiger partial charge in [-0.15, -0.1) is 12.4 Å². The second kappa shape index (κ2) is 8.64. The Hall–Kier alpha value is -3.76. The Labute approximate surface area is 194 Å². The van der Waals surface area contributed by atoms with E-state index < -0.39 is 0 Å². The van der Waals surface area contributed by atoms with Gasteiger partial charge in [0.25, 0.3) is 0 Å². The first-order valence-electron chi connectivity index (χ1n) is 10.4. The van der Waals surface area contributed by atoms with Crippen molar-refractivity contribution < 1.29 is 9.15 Å². The van der Waals surface area contributed by atoms with Crippen molar-refractivity contribution in [3.8, 4) is 11.4 Å². The summed E-state index contributed by atoms with van der Waals surface area (Å²) in [5.41, 5.74) is 4.63. The summed E-state index contributed by atoms with van der Waals surface area (Å²) in [7, 11) is 0. The van der Waals surface area contributed by atoms with Crippen molar-refractivity contribution in [2.24, 2.45) is 0 Å². The first kappa shape index (κ1) is 21.1. The monoisotopic (exact) mass is 464 g/mol. The normalized spacial score (nSPS) is 13.9. The van der Waals surface area contributed by atoms with Gasteiger partial charge < -0.3 is 19.4 Å². The molecule has 0 amide bonds. The largest absolute Gasteiger partial charge is 0.432 e. The van der Waals surface area contributed by atoms with Gasteiger partial charge in [0.2, 0.25) is 11.7 Å². The lowest BCUT2D eigenvalue weighted by atomic mass is 10.2. The van der Waals surface area contributed by atoms with Gasteiger partial charge in [-0.3, -0.25) is 10.1 Å². The van der Waals surface area contributed by atoms with E-state index in [1.54, 1.807) is 12.4 Å². The number of aromatic amines is 1. The van der Waals surface area contributed by atoms with E-state index in [0.717, 1.165) is 41.2 Å². The molecule has 1 aliphatic rings. The van der Waals surface area contributed by atoms with Gasteiger partial charge in [-0.1, -0.05) is 0 Å². The molecule has 5 aromatic heterocycles. The SMILES string of the molecule is Cc1ccnc(-c2cc(Nc3nc(N4CCOCC4)c4oc5ncccc5c4n3)n[nH]2)c1.Cl. The Bertz CT molecular complexity index is 1430. The molecule has 0 saturated carbocycles. The second-order valence-corrected chi connectivity index (χ2v) is 7.62. The Balaban J connectivity index is 0.00000228. The number of halogens is 1. The third-order valence-corrected chi connectivity index (χ3v) is 5.39. The molecule has 0 aromatic carbocycles. The van der Waals surface area contributed by atoms with Crippen LogP contribution in [0, 0.1) is 6.92 Å². The summed E-state index contributed by atoms with van der Waals surface area (Å²) in [6, 6.07) is 9.67. The molecular formula is C22H21ClN8O2. The molecule has 0 bridgehead atoms. The van der Waals surface area contributed by atoms with Crippen LogP contribution in [0.1, 0.15) is 5.56 Å². The van der Waals surface area contributed by atoms with Gasteiger partial charge in [0.05, 0.1) is 30.0 Å². The number of pyridine rings is 2. The van der Waals surface area contributed by atoms with E-state index in [2.05, 4.69) is 30.4 Å². The number of fused-ring (bicyclic) bond motifs is 3. The van der Waals surface area contributed by atoms with E-state index in [1.807, 2.05) is 37.3 Å². The molecule has 0 radical (unpaired) electrons. The Morgan fingerprint density at radius 3 is 2.79 bits per heavy atom. The summed E-state index contributed by atoms with van der Waals surface area (Å²) < 4.78 is 11.5. The number of anilines is 3. The molecule has 0 atom stereocenters. The second-order valence-electron chi connectivity index (χ2n) is 7.62. The van der Waals surface area contributed by atoms with Crippen molar-refractivity contribution in [2.45, 2.75) is 6.92 Å². The number of nitrogens with zero attached hydrogens (tertiary/aromatic N) is 6. The van der Waals surface area contributed by atoms with Crippen LogP contribution in [-0.2, 0) is 4.74 Å². The minimum atomic E-state index is 0. The zero-order chi connectivity index (χ0) is 21.5. The maximum atomic E-state index is 6.04. The van der Waals surface area contributed by atoms with Crippen LogP contribution < -0.4 is 10.2 Å². The van der Waals surface area contributed by atoms with Crippen LogP contribution in [0.4, 0.5) is 17.6 Å². The van der Waals surface area contributed by atoms with Crippen LogP contribution in [0.3, 0.4) is 0 Å². The van der Waals surface area contributed by atoms with Gasteiger partial charge in [0.15, 0.2) is 17.2 Å². The number of furan rings is 1. The summed E-state index contributed by atoms with van der Waals surface area (Å²) in [5.74, 6) is 1.75. The number of hydrogen-bond acceptors (Lipinski definition) is 9. The Morgan fingerprint density at radius 2 is 1.94 bits per heavy atom. The third kappa shape index (κ3) is 3.94. The van der Waals surface area contributed by atoms with Crippen molar-refractivity contribution in [3.05, 3.63) is 48.3 Å². The topological polar surface area (TPSA) is 118 Å². The molecule has 5 aromatic rings. The average molecular weight is 465 g/mol. The molecule has 10 nitrogen and oxygen atoms in total. The highest BCUT2D eigenvalue weighted by Crippen LogP contribution is 2.34. The summed E-state index contributed by atoms with van der Waals surface area (Å²) in [6.45, 7) is 4.75. The summed E-state index contributed by atoms with van der Waals surface area (Å²) in [6.07, 6.45) is 3.48. The number of nitrogens with one attached hydrogen (secondary N) is 2. The fourth-order valence-corrected chi connectivity index (χ4v) is 3.82. The lowest BCUT2D eigenvalue weighted by Gasteiger charge is -2.27. The molecule has 6 rings (SSSR count). The molecule has 0 aliphatic carbocycles.